The van der Waals surface area contributed by atoms with Gasteiger partial charge in [0.15, 0.2) is 6.10 Å². The van der Waals surface area contributed by atoms with Gasteiger partial charge >= 0.3 is 5.97 Å². The van der Waals surface area contributed by atoms with Crippen LogP contribution in [0.4, 0.5) is 0 Å². The topological polar surface area (TPSA) is 93.8 Å². The number of para-hydroxylation sites is 1. The fraction of sp³-hybridized carbons (Fsp3) is 0.333. The number of fused-ring (bicyclic) bond motifs is 1. The minimum Gasteiger partial charge on any atom is -0.479 e. The van der Waals surface area contributed by atoms with Crippen LogP contribution in [0.15, 0.2) is 56.8 Å². The molecule has 0 spiro atoms. The van der Waals surface area contributed by atoms with Crippen LogP contribution in [0.1, 0.15) is 56.3 Å². The van der Waals surface area contributed by atoms with E-state index in [1.165, 1.54) is 18.0 Å². The Labute approximate surface area is 193 Å². The maximum Gasteiger partial charge on any atom is 0.344 e. The van der Waals surface area contributed by atoms with Crippen molar-refractivity contribution in [3.63, 3.8) is 0 Å². The van der Waals surface area contributed by atoms with E-state index in [-0.39, 0.29) is 11.5 Å². The third-order valence-corrected chi connectivity index (χ3v) is 6.30. The molecule has 7 nitrogen and oxygen atoms in total. The van der Waals surface area contributed by atoms with Crippen LogP contribution in [0.3, 0.4) is 0 Å². The summed E-state index contributed by atoms with van der Waals surface area (Å²) in [5.41, 5.74) is 1.25. The highest BCUT2D eigenvalue weighted by atomic mass is 79.9. The Morgan fingerprint density at radius 1 is 1.25 bits per heavy atom. The van der Waals surface area contributed by atoms with Gasteiger partial charge in [0, 0.05) is 5.92 Å². The molecular formula is C24H24BrN3O4. The molecule has 8 heteroatoms. The lowest BCUT2D eigenvalue weighted by atomic mass is 9.88. The number of halogens is 1. The minimum absolute atomic E-state index is 0.179. The Bertz CT molecular complexity index is 1230. The number of hydrogen-bond acceptors (Lipinski definition) is 5. The summed E-state index contributed by atoms with van der Waals surface area (Å²) in [6, 6.07) is 12.6. The number of hydrogen-bond donors (Lipinski definition) is 1. The number of nitrogens with zero attached hydrogens (tertiary/aromatic N) is 3. The first-order chi connectivity index (χ1) is 15.4. The number of aliphatic carboxylic acids is 1. The predicted molar refractivity (Wildman–Crippen MR) is 127 cm³/mol. The highest BCUT2D eigenvalue weighted by Crippen LogP contribution is 2.32. The molecule has 3 aromatic rings. The molecule has 1 saturated carbocycles. The third-order valence-electron chi connectivity index (χ3n) is 5.68. The summed E-state index contributed by atoms with van der Waals surface area (Å²) in [5, 5.41) is 14.1. The highest BCUT2D eigenvalue weighted by Gasteiger charge is 2.22. The summed E-state index contributed by atoms with van der Waals surface area (Å²) in [6.07, 6.45) is 6.10. The molecular weight excluding hydrogens is 474 g/mol. The SMILES string of the molecule is C[C@@H](Oc1ccc(C=Nn2c(C3CCCCC3)nc3ccccc3c2=O)cc1Br)C(=O)O. The number of rotatable bonds is 6. The van der Waals surface area contributed by atoms with Gasteiger partial charge in [0.2, 0.25) is 0 Å². The van der Waals surface area contributed by atoms with Crippen molar-refractivity contribution in [2.45, 2.75) is 51.0 Å². The van der Waals surface area contributed by atoms with Crippen molar-refractivity contribution in [1.29, 1.82) is 0 Å². The van der Waals surface area contributed by atoms with Crippen LogP contribution >= 0.6 is 15.9 Å². The van der Waals surface area contributed by atoms with Gasteiger partial charge in [-0.25, -0.2) is 9.78 Å². The molecule has 1 N–H and O–H groups in total. The zero-order valence-corrected chi connectivity index (χ0v) is 19.3. The van der Waals surface area contributed by atoms with Gasteiger partial charge in [0.1, 0.15) is 11.6 Å². The average molecular weight is 498 g/mol. The second kappa shape index (κ2) is 9.65. The first-order valence-corrected chi connectivity index (χ1v) is 11.5. The van der Waals surface area contributed by atoms with Gasteiger partial charge in [-0.1, -0.05) is 31.4 Å². The summed E-state index contributed by atoms with van der Waals surface area (Å²) in [6.45, 7) is 1.47. The summed E-state index contributed by atoms with van der Waals surface area (Å²) in [4.78, 5) is 29.1. The Hall–Kier alpha value is -3.00. The molecule has 32 heavy (non-hydrogen) atoms. The molecule has 4 rings (SSSR count). The van der Waals surface area contributed by atoms with E-state index in [1.807, 2.05) is 18.2 Å². The van der Waals surface area contributed by atoms with E-state index in [0.29, 0.717) is 26.9 Å². The molecule has 1 aliphatic carbocycles. The average Bonchev–Trinajstić information content (AvgIpc) is 2.80. The Balaban J connectivity index is 1.70. The zero-order valence-electron chi connectivity index (χ0n) is 17.7. The standard InChI is InChI=1S/C24H24BrN3O4/c1-15(24(30)31)32-21-12-11-16(13-19(21)25)14-26-28-22(17-7-3-2-4-8-17)27-20-10-6-5-9-18(20)23(28)29/h5-6,9-15,17H,2-4,7-8H2,1H3,(H,30,31)/t15-/m1/s1. The molecule has 1 aromatic heterocycles. The normalized spacial score (nSPS) is 15.8. The smallest absolute Gasteiger partial charge is 0.344 e. The molecule has 0 bridgehead atoms. The second-order valence-corrected chi connectivity index (χ2v) is 8.83. The number of carboxylic acid groups (broad SMARTS) is 1. The number of aromatic nitrogens is 2. The van der Waals surface area contributed by atoms with Gasteiger partial charge in [-0.2, -0.15) is 9.78 Å². The third kappa shape index (κ3) is 4.75. The van der Waals surface area contributed by atoms with E-state index in [2.05, 4.69) is 21.0 Å². The highest BCUT2D eigenvalue weighted by molar-refractivity contribution is 9.10. The summed E-state index contributed by atoms with van der Waals surface area (Å²) in [5.74, 6) is 0.294. The van der Waals surface area contributed by atoms with Crippen molar-refractivity contribution in [3.05, 3.63) is 68.7 Å². The van der Waals surface area contributed by atoms with Gasteiger partial charge in [-0.3, -0.25) is 4.79 Å². The van der Waals surface area contributed by atoms with E-state index >= 15 is 0 Å². The number of ether oxygens (including phenoxy) is 1. The number of carboxylic acids is 1. The van der Waals surface area contributed by atoms with Crippen LogP contribution in [0.25, 0.3) is 10.9 Å². The van der Waals surface area contributed by atoms with Crippen LogP contribution in [-0.2, 0) is 4.79 Å². The van der Waals surface area contributed by atoms with Crippen molar-refractivity contribution >= 4 is 39.0 Å². The molecule has 1 fully saturated rings. The van der Waals surface area contributed by atoms with E-state index in [9.17, 15) is 9.59 Å². The molecule has 0 aliphatic heterocycles. The Kier molecular flexibility index (Phi) is 6.69. The first-order valence-electron chi connectivity index (χ1n) is 10.7. The van der Waals surface area contributed by atoms with Crippen molar-refractivity contribution in [1.82, 2.24) is 9.66 Å². The van der Waals surface area contributed by atoms with E-state index in [0.717, 1.165) is 31.2 Å². The minimum atomic E-state index is -1.04. The fourth-order valence-electron chi connectivity index (χ4n) is 3.94. The van der Waals surface area contributed by atoms with Crippen LogP contribution in [0.2, 0.25) is 0 Å². The lowest BCUT2D eigenvalue weighted by Crippen LogP contribution is -2.25. The molecule has 1 aliphatic rings. The van der Waals surface area contributed by atoms with Gasteiger partial charge < -0.3 is 9.84 Å². The monoisotopic (exact) mass is 497 g/mol. The molecule has 1 heterocycles. The van der Waals surface area contributed by atoms with Crippen molar-refractivity contribution in [2.75, 3.05) is 0 Å². The quantitative estimate of drug-likeness (QED) is 0.486. The lowest BCUT2D eigenvalue weighted by Gasteiger charge is -2.22. The van der Waals surface area contributed by atoms with Gasteiger partial charge in [0.25, 0.3) is 5.56 Å². The second-order valence-electron chi connectivity index (χ2n) is 7.97. The van der Waals surface area contributed by atoms with Crippen LogP contribution in [-0.4, -0.2) is 33.1 Å². The first kappa shape index (κ1) is 22.2. The summed E-state index contributed by atoms with van der Waals surface area (Å²) >= 11 is 3.41. The zero-order chi connectivity index (χ0) is 22.7. The molecule has 2 aromatic carbocycles. The molecule has 0 saturated heterocycles. The van der Waals surface area contributed by atoms with Crippen LogP contribution in [0.5, 0.6) is 5.75 Å². The van der Waals surface area contributed by atoms with E-state index in [4.69, 9.17) is 14.8 Å². The molecule has 0 amide bonds. The summed E-state index contributed by atoms with van der Waals surface area (Å²) in [7, 11) is 0. The van der Waals surface area contributed by atoms with Gasteiger partial charge in [-0.15, -0.1) is 0 Å². The van der Waals surface area contributed by atoms with Crippen molar-refractivity contribution in [2.24, 2.45) is 5.10 Å². The van der Waals surface area contributed by atoms with Crippen molar-refractivity contribution < 1.29 is 14.6 Å². The molecule has 166 valence electrons. The fourth-order valence-corrected chi connectivity index (χ4v) is 4.43. The predicted octanol–water partition coefficient (Wildman–Crippen LogP) is 4.94. The maximum absolute atomic E-state index is 13.2. The van der Waals surface area contributed by atoms with Gasteiger partial charge in [-0.05, 0) is 71.6 Å². The number of benzene rings is 2. The number of carbonyl (C=O) groups is 1. The van der Waals surface area contributed by atoms with Crippen LogP contribution in [0, 0.1) is 0 Å². The molecule has 0 unspecified atom stereocenters. The largest absolute Gasteiger partial charge is 0.479 e. The van der Waals surface area contributed by atoms with E-state index < -0.39 is 12.1 Å². The Morgan fingerprint density at radius 2 is 2.00 bits per heavy atom. The molecule has 1 atom stereocenters. The Morgan fingerprint density at radius 3 is 2.72 bits per heavy atom. The summed E-state index contributed by atoms with van der Waals surface area (Å²) < 4.78 is 7.47. The van der Waals surface area contributed by atoms with Gasteiger partial charge in [0.05, 0.1) is 21.6 Å². The maximum atomic E-state index is 13.2. The van der Waals surface area contributed by atoms with Crippen molar-refractivity contribution in [3.8, 4) is 5.75 Å². The van der Waals surface area contributed by atoms with Crippen LogP contribution < -0.4 is 10.3 Å². The lowest BCUT2D eigenvalue weighted by molar-refractivity contribution is -0.144. The molecule has 0 radical (unpaired) electrons. The van der Waals surface area contributed by atoms with E-state index in [1.54, 1.807) is 30.5 Å².